The first-order chi connectivity index (χ1) is 10.3. The summed E-state index contributed by atoms with van der Waals surface area (Å²) in [5.74, 6) is 6.71. The van der Waals surface area contributed by atoms with Crippen molar-refractivity contribution in [3.8, 4) is 17.6 Å². The van der Waals surface area contributed by atoms with Crippen LogP contribution in [0.2, 0.25) is 0 Å². The minimum absolute atomic E-state index is 0.0229. The van der Waals surface area contributed by atoms with Crippen molar-refractivity contribution >= 4 is 5.91 Å². The Morgan fingerprint density at radius 3 is 2.48 bits per heavy atom. The fourth-order valence-electron chi connectivity index (χ4n) is 1.81. The highest BCUT2D eigenvalue weighted by molar-refractivity contribution is 5.78. The molecule has 3 nitrogen and oxygen atoms in total. The lowest BCUT2D eigenvalue weighted by Crippen LogP contribution is -2.25. The molecule has 0 saturated heterocycles. The predicted octanol–water partition coefficient (Wildman–Crippen LogP) is 2.41. The summed E-state index contributed by atoms with van der Waals surface area (Å²) in [6, 6.07) is 17.1. The molecular weight excluding hydrogens is 262 g/mol. The molecule has 2 rings (SSSR count). The van der Waals surface area contributed by atoms with Crippen LogP contribution in [0.3, 0.4) is 0 Å². The molecule has 0 bridgehead atoms. The van der Waals surface area contributed by atoms with E-state index >= 15 is 0 Å². The van der Waals surface area contributed by atoms with Crippen molar-refractivity contribution in [1.82, 2.24) is 5.32 Å². The number of benzene rings is 2. The van der Waals surface area contributed by atoms with Crippen molar-refractivity contribution in [2.75, 3.05) is 13.7 Å². The third kappa shape index (κ3) is 5.04. The standard InChI is InChI=1S/C18H17NO2/c1-21-17-11-9-15(10-12-17)8-5-13-19-18(20)14-16-6-3-2-4-7-16/h2-4,6-7,9-12H,13-14H2,1H3,(H,19,20). The third-order valence-corrected chi connectivity index (χ3v) is 2.90. The Balaban J connectivity index is 1.78. The second-order valence-corrected chi connectivity index (χ2v) is 4.47. The summed E-state index contributed by atoms with van der Waals surface area (Å²) in [6.07, 6.45) is 0.380. The van der Waals surface area contributed by atoms with Gasteiger partial charge in [-0.15, -0.1) is 0 Å². The van der Waals surface area contributed by atoms with E-state index in [-0.39, 0.29) is 5.91 Å². The third-order valence-electron chi connectivity index (χ3n) is 2.90. The number of carbonyl (C=O) groups excluding carboxylic acids is 1. The molecule has 1 N–H and O–H groups in total. The van der Waals surface area contributed by atoms with Gasteiger partial charge in [-0.1, -0.05) is 42.2 Å². The van der Waals surface area contributed by atoms with E-state index in [9.17, 15) is 4.79 Å². The lowest BCUT2D eigenvalue weighted by molar-refractivity contribution is -0.120. The molecule has 0 aliphatic rings. The van der Waals surface area contributed by atoms with Gasteiger partial charge in [0.2, 0.25) is 5.91 Å². The topological polar surface area (TPSA) is 38.3 Å². The molecular formula is C18H17NO2. The Bertz CT molecular complexity index is 636. The first kappa shape index (κ1) is 14.7. The van der Waals surface area contributed by atoms with Gasteiger partial charge in [-0.05, 0) is 29.8 Å². The number of rotatable bonds is 4. The van der Waals surface area contributed by atoms with Crippen LogP contribution in [0.5, 0.6) is 5.75 Å². The maximum atomic E-state index is 11.7. The highest BCUT2D eigenvalue weighted by Crippen LogP contribution is 2.09. The number of amides is 1. The van der Waals surface area contributed by atoms with Gasteiger partial charge in [-0.2, -0.15) is 0 Å². The minimum Gasteiger partial charge on any atom is -0.497 e. The van der Waals surface area contributed by atoms with Crippen molar-refractivity contribution in [2.45, 2.75) is 6.42 Å². The van der Waals surface area contributed by atoms with Crippen LogP contribution in [0, 0.1) is 11.8 Å². The number of ether oxygens (including phenoxy) is 1. The SMILES string of the molecule is COc1ccc(C#CCNC(=O)Cc2ccccc2)cc1. The molecule has 21 heavy (non-hydrogen) atoms. The van der Waals surface area contributed by atoms with Gasteiger partial charge in [0.1, 0.15) is 5.75 Å². The maximum Gasteiger partial charge on any atom is 0.225 e. The fourth-order valence-corrected chi connectivity index (χ4v) is 1.81. The number of methoxy groups -OCH3 is 1. The zero-order chi connectivity index (χ0) is 14.9. The van der Waals surface area contributed by atoms with E-state index in [1.165, 1.54) is 0 Å². The van der Waals surface area contributed by atoms with Crippen molar-refractivity contribution < 1.29 is 9.53 Å². The normalized spacial score (nSPS) is 9.38. The molecule has 0 unspecified atom stereocenters. The smallest absolute Gasteiger partial charge is 0.225 e. The summed E-state index contributed by atoms with van der Waals surface area (Å²) in [7, 11) is 1.63. The van der Waals surface area contributed by atoms with Crippen LogP contribution < -0.4 is 10.1 Å². The molecule has 0 fully saturated rings. The molecule has 1 amide bonds. The molecule has 0 spiro atoms. The number of nitrogens with one attached hydrogen (secondary N) is 1. The Morgan fingerprint density at radius 1 is 1.10 bits per heavy atom. The van der Waals surface area contributed by atoms with Crippen LogP contribution in [0.1, 0.15) is 11.1 Å². The molecule has 0 aliphatic carbocycles. The molecule has 0 aromatic heterocycles. The maximum absolute atomic E-state index is 11.7. The van der Waals surface area contributed by atoms with E-state index in [0.717, 1.165) is 16.9 Å². The van der Waals surface area contributed by atoms with E-state index in [4.69, 9.17) is 4.74 Å². The van der Waals surface area contributed by atoms with Crippen LogP contribution in [-0.2, 0) is 11.2 Å². The molecule has 106 valence electrons. The second-order valence-electron chi connectivity index (χ2n) is 4.47. The van der Waals surface area contributed by atoms with Gasteiger partial charge in [0.15, 0.2) is 0 Å². The zero-order valence-corrected chi connectivity index (χ0v) is 11.9. The Morgan fingerprint density at radius 2 is 1.81 bits per heavy atom. The molecule has 3 heteroatoms. The van der Waals surface area contributed by atoms with Crippen molar-refractivity contribution in [3.05, 3.63) is 65.7 Å². The minimum atomic E-state index is -0.0229. The van der Waals surface area contributed by atoms with Gasteiger partial charge in [-0.3, -0.25) is 4.79 Å². The molecule has 2 aromatic carbocycles. The molecule has 0 saturated carbocycles. The molecule has 0 heterocycles. The Kier molecular flexibility index (Phi) is 5.42. The summed E-state index contributed by atoms with van der Waals surface area (Å²) < 4.78 is 5.08. The Labute approximate surface area is 125 Å². The van der Waals surface area contributed by atoms with E-state index < -0.39 is 0 Å². The van der Waals surface area contributed by atoms with Gasteiger partial charge in [0, 0.05) is 5.56 Å². The summed E-state index contributed by atoms with van der Waals surface area (Å²) in [5.41, 5.74) is 1.89. The zero-order valence-electron chi connectivity index (χ0n) is 11.9. The van der Waals surface area contributed by atoms with Crippen molar-refractivity contribution in [2.24, 2.45) is 0 Å². The number of hydrogen-bond donors (Lipinski definition) is 1. The van der Waals surface area contributed by atoms with E-state index in [1.807, 2.05) is 54.6 Å². The van der Waals surface area contributed by atoms with Crippen LogP contribution in [0.25, 0.3) is 0 Å². The van der Waals surface area contributed by atoms with E-state index in [2.05, 4.69) is 17.2 Å². The highest BCUT2D eigenvalue weighted by atomic mass is 16.5. The van der Waals surface area contributed by atoms with Gasteiger partial charge in [0.25, 0.3) is 0 Å². The summed E-state index contributed by atoms with van der Waals surface area (Å²) >= 11 is 0. The van der Waals surface area contributed by atoms with Gasteiger partial charge in [0.05, 0.1) is 20.1 Å². The molecule has 0 atom stereocenters. The van der Waals surface area contributed by atoms with E-state index in [1.54, 1.807) is 7.11 Å². The van der Waals surface area contributed by atoms with Crippen molar-refractivity contribution in [3.63, 3.8) is 0 Å². The Hall–Kier alpha value is -2.73. The fraction of sp³-hybridized carbons (Fsp3) is 0.167. The van der Waals surface area contributed by atoms with Crippen LogP contribution in [0.4, 0.5) is 0 Å². The van der Waals surface area contributed by atoms with Gasteiger partial charge in [-0.25, -0.2) is 0 Å². The molecule has 2 aromatic rings. The predicted molar refractivity (Wildman–Crippen MR) is 83.0 cm³/mol. The highest BCUT2D eigenvalue weighted by Gasteiger charge is 2.00. The average Bonchev–Trinajstić information content (AvgIpc) is 2.53. The number of carbonyl (C=O) groups is 1. The van der Waals surface area contributed by atoms with Crippen LogP contribution >= 0.6 is 0 Å². The molecule has 0 radical (unpaired) electrons. The quantitative estimate of drug-likeness (QED) is 0.873. The summed E-state index contributed by atoms with van der Waals surface area (Å²) in [6.45, 7) is 0.345. The summed E-state index contributed by atoms with van der Waals surface area (Å²) in [4.78, 5) is 11.7. The number of hydrogen-bond acceptors (Lipinski definition) is 2. The van der Waals surface area contributed by atoms with Crippen molar-refractivity contribution in [1.29, 1.82) is 0 Å². The first-order valence-electron chi connectivity index (χ1n) is 6.71. The largest absolute Gasteiger partial charge is 0.497 e. The van der Waals surface area contributed by atoms with Crippen LogP contribution in [-0.4, -0.2) is 19.6 Å². The average molecular weight is 279 g/mol. The second kappa shape index (κ2) is 7.76. The molecule has 0 aliphatic heterocycles. The van der Waals surface area contributed by atoms with Gasteiger partial charge < -0.3 is 10.1 Å². The van der Waals surface area contributed by atoms with E-state index in [0.29, 0.717) is 13.0 Å². The summed E-state index contributed by atoms with van der Waals surface area (Å²) in [5, 5.41) is 2.79. The van der Waals surface area contributed by atoms with Gasteiger partial charge >= 0.3 is 0 Å². The first-order valence-corrected chi connectivity index (χ1v) is 6.71. The monoisotopic (exact) mass is 279 g/mol. The lowest BCUT2D eigenvalue weighted by atomic mass is 10.1. The van der Waals surface area contributed by atoms with Crippen LogP contribution in [0.15, 0.2) is 54.6 Å². The lowest BCUT2D eigenvalue weighted by Gasteiger charge is -2.01.